The van der Waals surface area contributed by atoms with Crippen molar-refractivity contribution >= 4 is 17.5 Å². The first-order valence-electron chi connectivity index (χ1n) is 9.29. The molecule has 0 aromatic carbocycles. The molecule has 0 aliphatic heterocycles. The molecule has 0 fully saturated rings. The van der Waals surface area contributed by atoms with E-state index in [9.17, 15) is 19.5 Å². The summed E-state index contributed by atoms with van der Waals surface area (Å²) in [6.45, 7) is 2.11. The van der Waals surface area contributed by atoms with Crippen molar-refractivity contribution in [1.82, 2.24) is 0 Å². The van der Waals surface area contributed by atoms with Crippen molar-refractivity contribution in [2.45, 2.75) is 83.7 Å². The number of carbonyl (C=O) groups excluding carboxylic acids is 2. The Kier molecular flexibility index (Phi) is 10.0. The molecule has 0 heterocycles. The Morgan fingerprint density at radius 3 is 2.48 bits per heavy atom. The Morgan fingerprint density at radius 1 is 1.08 bits per heavy atom. The number of carboxylic acids is 1. The molecule has 140 valence electrons. The van der Waals surface area contributed by atoms with E-state index in [1.54, 1.807) is 0 Å². The highest BCUT2D eigenvalue weighted by Gasteiger charge is 2.29. The third-order valence-electron chi connectivity index (χ3n) is 4.48. The van der Waals surface area contributed by atoms with Gasteiger partial charge >= 0.3 is 5.97 Å². The molecule has 1 aliphatic carbocycles. The predicted molar refractivity (Wildman–Crippen MR) is 96.3 cm³/mol. The highest BCUT2D eigenvalue weighted by Crippen LogP contribution is 2.27. The molecule has 0 bridgehead atoms. The van der Waals surface area contributed by atoms with E-state index >= 15 is 0 Å². The van der Waals surface area contributed by atoms with Gasteiger partial charge in [0.15, 0.2) is 11.6 Å². The number of hydrogen-bond donors (Lipinski definition) is 2. The summed E-state index contributed by atoms with van der Waals surface area (Å²) in [6.07, 6.45) is 9.88. The second kappa shape index (κ2) is 11.7. The van der Waals surface area contributed by atoms with Crippen LogP contribution in [0.4, 0.5) is 0 Å². The van der Waals surface area contributed by atoms with Crippen LogP contribution in [0, 0.1) is 0 Å². The summed E-state index contributed by atoms with van der Waals surface area (Å²) in [5.41, 5.74) is 1.15. The lowest BCUT2D eigenvalue weighted by Gasteiger charge is -2.11. The van der Waals surface area contributed by atoms with Crippen LogP contribution in [0.15, 0.2) is 23.3 Å². The molecule has 1 aliphatic rings. The Morgan fingerprint density at radius 2 is 1.80 bits per heavy atom. The van der Waals surface area contributed by atoms with Gasteiger partial charge in [-0.2, -0.15) is 0 Å². The van der Waals surface area contributed by atoms with Gasteiger partial charge in [-0.05, 0) is 38.5 Å². The van der Waals surface area contributed by atoms with Crippen molar-refractivity contribution in [3.8, 4) is 0 Å². The SMILES string of the molecule is CCCCCC(O)CCC1=C(CC=CCCCC(=O)O)C(=O)CC1=O. The number of unbranched alkanes of at least 4 members (excludes halogenated alkanes) is 3. The van der Waals surface area contributed by atoms with E-state index in [1.807, 2.05) is 12.2 Å². The zero-order valence-electron chi connectivity index (χ0n) is 15.1. The van der Waals surface area contributed by atoms with Gasteiger partial charge in [0.1, 0.15) is 0 Å². The van der Waals surface area contributed by atoms with E-state index in [0.29, 0.717) is 43.3 Å². The van der Waals surface area contributed by atoms with Gasteiger partial charge < -0.3 is 10.2 Å². The summed E-state index contributed by atoms with van der Waals surface area (Å²) in [5, 5.41) is 18.6. The molecule has 1 rings (SSSR count). The first-order valence-corrected chi connectivity index (χ1v) is 9.29. The molecule has 0 saturated heterocycles. The maximum absolute atomic E-state index is 12.0. The molecule has 2 N–H and O–H groups in total. The monoisotopic (exact) mass is 350 g/mol. The minimum Gasteiger partial charge on any atom is -0.481 e. The van der Waals surface area contributed by atoms with E-state index in [-0.39, 0.29) is 24.4 Å². The maximum Gasteiger partial charge on any atom is 0.303 e. The lowest BCUT2D eigenvalue weighted by molar-refractivity contribution is -0.137. The number of hydrogen-bond acceptors (Lipinski definition) is 4. The summed E-state index contributed by atoms with van der Waals surface area (Å²) >= 11 is 0. The second-order valence-electron chi connectivity index (χ2n) is 6.63. The van der Waals surface area contributed by atoms with E-state index in [1.165, 1.54) is 0 Å². The number of allylic oxidation sites excluding steroid dienone is 4. The summed E-state index contributed by atoms with van der Waals surface area (Å²) in [5.74, 6) is -1.04. The topological polar surface area (TPSA) is 91.7 Å². The molecular weight excluding hydrogens is 320 g/mol. The van der Waals surface area contributed by atoms with E-state index < -0.39 is 12.1 Å². The number of ketones is 2. The zero-order chi connectivity index (χ0) is 18.7. The molecule has 0 spiro atoms. The fourth-order valence-electron chi connectivity index (χ4n) is 3.00. The fraction of sp³-hybridized carbons (Fsp3) is 0.650. The molecule has 0 aromatic heterocycles. The predicted octanol–water partition coefficient (Wildman–Crippen LogP) is 3.75. The van der Waals surface area contributed by atoms with Gasteiger partial charge in [-0.1, -0.05) is 38.3 Å². The Balaban J connectivity index is 2.50. The highest BCUT2D eigenvalue weighted by molar-refractivity contribution is 6.22. The average molecular weight is 350 g/mol. The van der Waals surface area contributed by atoms with Crippen LogP contribution in [0.25, 0.3) is 0 Å². The van der Waals surface area contributed by atoms with Crippen LogP contribution in [-0.2, 0) is 14.4 Å². The van der Waals surface area contributed by atoms with Gasteiger partial charge in [0.2, 0.25) is 0 Å². The molecule has 25 heavy (non-hydrogen) atoms. The summed E-state index contributed by atoms with van der Waals surface area (Å²) in [6, 6.07) is 0. The maximum atomic E-state index is 12.0. The number of aliphatic carboxylic acids is 1. The van der Waals surface area contributed by atoms with E-state index in [2.05, 4.69) is 6.92 Å². The minimum absolute atomic E-state index is 0.0521. The second-order valence-corrected chi connectivity index (χ2v) is 6.63. The van der Waals surface area contributed by atoms with Gasteiger partial charge in [0.05, 0.1) is 12.5 Å². The Bertz CT molecular complexity index is 530. The number of carboxylic acid groups (broad SMARTS) is 1. The van der Waals surface area contributed by atoms with Gasteiger partial charge in [-0.25, -0.2) is 0 Å². The van der Waals surface area contributed by atoms with Crippen molar-refractivity contribution in [2.75, 3.05) is 0 Å². The molecular formula is C20H30O5. The van der Waals surface area contributed by atoms with Gasteiger partial charge in [-0.15, -0.1) is 0 Å². The molecule has 5 heteroatoms. The summed E-state index contributed by atoms with van der Waals surface area (Å²) in [4.78, 5) is 34.5. The Hall–Kier alpha value is -1.75. The van der Waals surface area contributed by atoms with Crippen LogP contribution < -0.4 is 0 Å². The Labute approximate surface area is 149 Å². The number of aliphatic hydroxyl groups excluding tert-OH is 1. The molecule has 0 amide bonds. The van der Waals surface area contributed by atoms with Crippen LogP contribution >= 0.6 is 0 Å². The first-order chi connectivity index (χ1) is 12.0. The highest BCUT2D eigenvalue weighted by atomic mass is 16.4. The normalized spacial score (nSPS) is 16.2. The van der Waals surface area contributed by atoms with Crippen molar-refractivity contribution in [1.29, 1.82) is 0 Å². The van der Waals surface area contributed by atoms with Crippen LogP contribution in [0.5, 0.6) is 0 Å². The third kappa shape index (κ3) is 8.25. The smallest absolute Gasteiger partial charge is 0.303 e. The number of rotatable bonds is 13. The summed E-state index contributed by atoms with van der Waals surface area (Å²) in [7, 11) is 0. The molecule has 0 saturated carbocycles. The standard InChI is InChI=1S/C20H30O5/c1-2-3-6-9-15(21)12-13-17-16(18(22)14-19(17)23)10-7-4-5-8-11-20(24)25/h4,7,15,21H,2-3,5-6,8-14H2,1H3,(H,24,25). The molecule has 1 atom stereocenters. The van der Waals surface area contributed by atoms with E-state index in [0.717, 1.165) is 25.7 Å². The van der Waals surface area contributed by atoms with Crippen LogP contribution in [-0.4, -0.2) is 33.9 Å². The lowest BCUT2D eigenvalue weighted by Crippen LogP contribution is -2.08. The van der Waals surface area contributed by atoms with Crippen LogP contribution in [0.1, 0.15) is 77.6 Å². The number of aliphatic hydroxyl groups is 1. The van der Waals surface area contributed by atoms with Crippen molar-refractivity contribution < 1.29 is 24.6 Å². The van der Waals surface area contributed by atoms with Crippen LogP contribution in [0.2, 0.25) is 0 Å². The average Bonchev–Trinajstić information content (AvgIpc) is 2.82. The molecule has 0 aromatic rings. The van der Waals surface area contributed by atoms with Gasteiger partial charge in [0, 0.05) is 17.6 Å². The van der Waals surface area contributed by atoms with Crippen molar-refractivity contribution in [2.24, 2.45) is 0 Å². The number of carbonyl (C=O) groups is 3. The number of Topliss-reactive ketones (excluding diaryl/α,β-unsaturated/α-hetero) is 2. The quantitative estimate of drug-likeness (QED) is 0.300. The van der Waals surface area contributed by atoms with Gasteiger partial charge in [0.25, 0.3) is 0 Å². The van der Waals surface area contributed by atoms with Crippen LogP contribution in [0.3, 0.4) is 0 Å². The molecule has 0 radical (unpaired) electrons. The molecule has 1 unspecified atom stereocenters. The minimum atomic E-state index is -0.813. The molecule has 5 nitrogen and oxygen atoms in total. The fourth-order valence-corrected chi connectivity index (χ4v) is 3.00. The first kappa shape index (κ1) is 21.3. The van der Waals surface area contributed by atoms with Gasteiger partial charge in [-0.3, -0.25) is 14.4 Å². The van der Waals surface area contributed by atoms with Crippen molar-refractivity contribution in [3.63, 3.8) is 0 Å². The third-order valence-corrected chi connectivity index (χ3v) is 4.48. The zero-order valence-corrected chi connectivity index (χ0v) is 15.1. The largest absolute Gasteiger partial charge is 0.481 e. The summed E-state index contributed by atoms with van der Waals surface area (Å²) < 4.78 is 0. The van der Waals surface area contributed by atoms with E-state index in [4.69, 9.17) is 5.11 Å². The lowest BCUT2D eigenvalue weighted by atomic mass is 9.98. The van der Waals surface area contributed by atoms with Crippen molar-refractivity contribution in [3.05, 3.63) is 23.3 Å².